The zero-order valence-corrected chi connectivity index (χ0v) is 12.4. The SMILES string of the molecule is CN(C)Cc1cc(I)c2c(c1)CCCCC2. The van der Waals surface area contributed by atoms with Crippen LogP contribution >= 0.6 is 22.6 Å². The molecule has 0 spiro atoms. The summed E-state index contributed by atoms with van der Waals surface area (Å²) in [6.45, 7) is 1.06. The van der Waals surface area contributed by atoms with E-state index in [4.69, 9.17) is 0 Å². The highest BCUT2D eigenvalue weighted by Gasteiger charge is 2.12. The van der Waals surface area contributed by atoms with E-state index in [2.05, 4.69) is 53.7 Å². The Morgan fingerprint density at radius 1 is 1.12 bits per heavy atom. The molecule has 88 valence electrons. The number of benzene rings is 1. The van der Waals surface area contributed by atoms with E-state index in [9.17, 15) is 0 Å². The summed E-state index contributed by atoms with van der Waals surface area (Å²) in [6, 6.07) is 4.80. The van der Waals surface area contributed by atoms with Gasteiger partial charge in [-0.15, -0.1) is 0 Å². The van der Waals surface area contributed by atoms with Crippen molar-refractivity contribution in [3.05, 3.63) is 32.4 Å². The van der Waals surface area contributed by atoms with Gasteiger partial charge in [0, 0.05) is 10.1 Å². The van der Waals surface area contributed by atoms with Gasteiger partial charge in [0.15, 0.2) is 0 Å². The fraction of sp³-hybridized carbons (Fsp3) is 0.571. The third kappa shape index (κ3) is 2.98. The van der Waals surface area contributed by atoms with Crippen molar-refractivity contribution in [1.82, 2.24) is 4.90 Å². The first-order valence-corrected chi connectivity index (χ1v) is 7.19. The van der Waals surface area contributed by atoms with Crippen LogP contribution in [0.4, 0.5) is 0 Å². The molecule has 0 radical (unpaired) electrons. The smallest absolute Gasteiger partial charge is 0.0228 e. The van der Waals surface area contributed by atoms with Crippen LogP contribution in [0.5, 0.6) is 0 Å². The van der Waals surface area contributed by atoms with Gasteiger partial charge in [0.25, 0.3) is 0 Å². The Morgan fingerprint density at radius 2 is 1.88 bits per heavy atom. The van der Waals surface area contributed by atoms with Gasteiger partial charge in [0.1, 0.15) is 0 Å². The lowest BCUT2D eigenvalue weighted by Crippen LogP contribution is -2.11. The number of aryl methyl sites for hydroxylation is 1. The Balaban J connectivity index is 2.32. The van der Waals surface area contributed by atoms with Crippen LogP contribution in [0.3, 0.4) is 0 Å². The third-order valence-electron chi connectivity index (χ3n) is 3.22. The molecule has 0 fully saturated rings. The number of nitrogens with zero attached hydrogens (tertiary/aromatic N) is 1. The Kier molecular flexibility index (Phi) is 4.25. The number of hydrogen-bond donors (Lipinski definition) is 0. The molecule has 0 heterocycles. The predicted molar refractivity (Wildman–Crippen MR) is 77.8 cm³/mol. The quantitative estimate of drug-likeness (QED) is 0.592. The van der Waals surface area contributed by atoms with Gasteiger partial charge < -0.3 is 4.90 Å². The summed E-state index contributed by atoms with van der Waals surface area (Å²) < 4.78 is 1.48. The standard InChI is InChI=1S/C14H20IN/c1-16(2)10-11-8-12-6-4-3-5-7-13(12)14(15)9-11/h8-9H,3-7,10H2,1-2H3. The van der Waals surface area contributed by atoms with E-state index >= 15 is 0 Å². The summed E-state index contributed by atoms with van der Waals surface area (Å²) in [5, 5.41) is 0. The van der Waals surface area contributed by atoms with Crippen molar-refractivity contribution < 1.29 is 0 Å². The molecule has 1 aromatic rings. The molecule has 1 aromatic carbocycles. The molecule has 0 amide bonds. The molecule has 0 aromatic heterocycles. The fourth-order valence-corrected chi connectivity index (χ4v) is 3.53. The highest BCUT2D eigenvalue weighted by Crippen LogP contribution is 2.26. The van der Waals surface area contributed by atoms with Crippen LogP contribution in [0.1, 0.15) is 36.0 Å². The summed E-state index contributed by atoms with van der Waals surface area (Å²) >= 11 is 2.51. The molecule has 0 unspecified atom stereocenters. The van der Waals surface area contributed by atoms with E-state index in [1.165, 1.54) is 41.2 Å². The topological polar surface area (TPSA) is 3.24 Å². The van der Waals surface area contributed by atoms with Crippen molar-refractivity contribution in [1.29, 1.82) is 0 Å². The third-order valence-corrected chi connectivity index (χ3v) is 4.18. The molecule has 1 aliphatic carbocycles. The number of fused-ring (bicyclic) bond motifs is 1. The highest BCUT2D eigenvalue weighted by molar-refractivity contribution is 14.1. The van der Waals surface area contributed by atoms with Crippen molar-refractivity contribution in [2.45, 2.75) is 38.6 Å². The van der Waals surface area contributed by atoms with Crippen molar-refractivity contribution in [2.75, 3.05) is 14.1 Å². The molecule has 0 bridgehead atoms. The van der Waals surface area contributed by atoms with Crippen molar-refractivity contribution >= 4 is 22.6 Å². The molecular formula is C14H20IN. The minimum Gasteiger partial charge on any atom is -0.305 e. The number of halogens is 1. The van der Waals surface area contributed by atoms with Crippen molar-refractivity contribution in [3.8, 4) is 0 Å². The van der Waals surface area contributed by atoms with E-state index < -0.39 is 0 Å². The molecule has 16 heavy (non-hydrogen) atoms. The van der Waals surface area contributed by atoms with Crippen LogP contribution in [0.2, 0.25) is 0 Å². The summed E-state index contributed by atoms with van der Waals surface area (Å²) in [6.07, 6.45) is 6.71. The fourth-order valence-electron chi connectivity index (χ4n) is 2.51. The van der Waals surface area contributed by atoms with Gasteiger partial charge in [-0.1, -0.05) is 12.5 Å². The maximum Gasteiger partial charge on any atom is 0.0228 e. The van der Waals surface area contributed by atoms with E-state index in [0.717, 1.165) is 6.54 Å². The lowest BCUT2D eigenvalue weighted by Gasteiger charge is -2.14. The van der Waals surface area contributed by atoms with Crippen LogP contribution in [0, 0.1) is 3.57 Å². The molecular weight excluding hydrogens is 309 g/mol. The van der Waals surface area contributed by atoms with E-state index in [-0.39, 0.29) is 0 Å². The van der Waals surface area contributed by atoms with Gasteiger partial charge >= 0.3 is 0 Å². The average Bonchev–Trinajstić information content (AvgIpc) is 2.41. The van der Waals surface area contributed by atoms with Crippen LogP contribution < -0.4 is 0 Å². The average molecular weight is 329 g/mol. The number of hydrogen-bond acceptors (Lipinski definition) is 1. The van der Waals surface area contributed by atoms with Crippen LogP contribution in [0.15, 0.2) is 12.1 Å². The zero-order valence-electron chi connectivity index (χ0n) is 10.2. The first kappa shape index (κ1) is 12.4. The maximum absolute atomic E-state index is 2.51. The Labute approximate surface area is 112 Å². The van der Waals surface area contributed by atoms with Gasteiger partial charge in [-0.2, -0.15) is 0 Å². The maximum atomic E-state index is 2.51. The minimum absolute atomic E-state index is 1.06. The van der Waals surface area contributed by atoms with Crippen LogP contribution in [0.25, 0.3) is 0 Å². The van der Waals surface area contributed by atoms with Crippen molar-refractivity contribution in [2.24, 2.45) is 0 Å². The van der Waals surface area contributed by atoms with Crippen LogP contribution in [-0.2, 0) is 19.4 Å². The van der Waals surface area contributed by atoms with Gasteiger partial charge in [-0.05, 0) is 85.1 Å². The summed E-state index contributed by atoms with van der Waals surface area (Å²) in [4.78, 5) is 2.24. The first-order chi connectivity index (χ1) is 7.66. The normalized spacial score (nSPS) is 16.0. The van der Waals surface area contributed by atoms with E-state index in [1.807, 2.05) is 0 Å². The molecule has 2 rings (SSSR count). The summed E-state index contributed by atoms with van der Waals surface area (Å²) in [5.41, 5.74) is 4.71. The highest BCUT2D eigenvalue weighted by atomic mass is 127. The van der Waals surface area contributed by atoms with Gasteiger partial charge in [-0.3, -0.25) is 0 Å². The molecule has 0 atom stereocenters. The van der Waals surface area contributed by atoms with Crippen LogP contribution in [-0.4, -0.2) is 19.0 Å². The Hall–Kier alpha value is -0.0900. The second kappa shape index (κ2) is 5.50. The summed E-state index contributed by atoms with van der Waals surface area (Å²) in [5.74, 6) is 0. The van der Waals surface area contributed by atoms with E-state index in [1.54, 1.807) is 11.1 Å². The Bertz CT molecular complexity index is 371. The van der Waals surface area contributed by atoms with Gasteiger partial charge in [-0.25, -0.2) is 0 Å². The Morgan fingerprint density at radius 3 is 2.62 bits per heavy atom. The molecule has 2 heteroatoms. The second-order valence-corrected chi connectivity index (χ2v) is 6.18. The molecule has 0 aliphatic heterocycles. The zero-order chi connectivity index (χ0) is 11.5. The largest absolute Gasteiger partial charge is 0.305 e. The van der Waals surface area contributed by atoms with E-state index in [0.29, 0.717) is 0 Å². The predicted octanol–water partition coefficient (Wildman–Crippen LogP) is 3.62. The molecule has 1 nitrogen and oxygen atoms in total. The lowest BCUT2D eigenvalue weighted by atomic mass is 10.00. The monoisotopic (exact) mass is 329 g/mol. The molecule has 0 saturated carbocycles. The molecule has 1 aliphatic rings. The molecule has 0 saturated heterocycles. The summed E-state index contributed by atoms with van der Waals surface area (Å²) in [7, 11) is 4.27. The first-order valence-electron chi connectivity index (χ1n) is 6.11. The number of rotatable bonds is 2. The minimum atomic E-state index is 1.06. The van der Waals surface area contributed by atoms with Gasteiger partial charge in [0.2, 0.25) is 0 Å². The van der Waals surface area contributed by atoms with Gasteiger partial charge in [0.05, 0.1) is 0 Å². The molecule has 0 N–H and O–H groups in total. The van der Waals surface area contributed by atoms with Crippen molar-refractivity contribution in [3.63, 3.8) is 0 Å². The lowest BCUT2D eigenvalue weighted by molar-refractivity contribution is 0.402. The second-order valence-electron chi connectivity index (χ2n) is 5.01.